The fraction of sp³-hybridized carbons (Fsp3) is 0.222. The molecule has 9 heteroatoms. The molecule has 0 saturated carbocycles. The van der Waals surface area contributed by atoms with Crippen LogP contribution in [0.4, 0.5) is 5.13 Å². The quantitative estimate of drug-likeness (QED) is 0.722. The average molecular weight is 399 g/mol. The van der Waals surface area contributed by atoms with Gasteiger partial charge in [-0.05, 0) is 23.8 Å². The van der Waals surface area contributed by atoms with Crippen molar-refractivity contribution in [3.05, 3.63) is 64.8 Å². The number of hydrogen-bond donors (Lipinski definition) is 3. The van der Waals surface area contributed by atoms with E-state index in [-0.39, 0.29) is 11.9 Å². The maximum absolute atomic E-state index is 11.2. The number of allylic oxidation sites excluding steroid dienone is 6. The molecule has 0 radical (unpaired) electrons. The van der Waals surface area contributed by atoms with Crippen LogP contribution in [0, 0.1) is 0 Å². The van der Waals surface area contributed by atoms with Gasteiger partial charge in [-0.1, -0.05) is 42.1 Å². The summed E-state index contributed by atoms with van der Waals surface area (Å²) in [4.78, 5) is 21.4. The Bertz CT molecular complexity index is 924. The average Bonchev–Trinajstić information content (AvgIpc) is 3.16. The molecule has 7 nitrogen and oxygen atoms in total. The van der Waals surface area contributed by atoms with E-state index in [2.05, 4.69) is 31.4 Å². The molecule has 1 aromatic rings. The fourth-order valence-electron chi connectivity index (χ4n) is 2.86. The number of nitrogens with zero attached hydrogens (tertiary/aromatic N) is 3. The predicted octanol–water partition coefficient (Wildman–Crippen LogP) is 3.05. The van der Waals surface area contributed by atoms with Crippen LogP contribution in [0.5, 0.6) is 0 Å². The van der Waals surface area contributed by atoms with Gasteiger partial charge in [-0.2, -0.15) is 4.37 Å². The van der Waals surface area contributed by atoms with Crippen molar-refractivity contribution in [2.24, 2.45) is 4.99 Å². The largest absolute Gasteiger partial charge is 0.330 e. The minimum atomic E-state index is -0.0359. The number of anilines is 1. The molecule has 2 heterocycles. The summed E-state index contributed by atoms with van der Waals surface area (Å²) in [6.45, 7) is 1.53. The van der Waals surface area contributed by atoms with Gasteiger partial charge in [-0.3, -0.25) is 4.79 Å². The van der Waals surface area contributed by atoms with Crippen LogP contribution in [0.15, 0.2) is 69.8 Å². The molecule has 0 spiro atoms. The number of carbonyl (C=O) groups is 1. The molecule has 27 heavy (non-hydrogen) atoms. The highest BCUT2D eigenvalue weighted by Crippen LogP contribution is 2.31. The van der Waals surface area contributed by atoms with Crippen molar-refractivity contribution in [1.82, 2.24) is 20.0 Å². The van der Waals surface area contributed by atoms with E-state index >= 15 is 0 Å². The van der Waals surface area contributed by atoms with Crippen molar-refractivity contribution in [3.63, 3.8) is 0 Å². The van der Waals surface area contributed by atoms with Crippen LogP contribution in [-0.4, -0.2) is 26.5 Å². The van der Waals surface area contributed by atoms with Gasteiger partial charge in [0.25, 0.3) is 0 Å². The summed E-state index contributed by atoms with van der Waals surface area (Å²) < 4.78 is 4.04. The molecule has 3 aliphatic rings. The van der Waals surface area contributed by atoms with E-state index in [1.807, 2.05) is 30.4 Å². The maximum atomic E-state index is 11.2. The second kappa shape index (κ2) is 7.93. The van der Waals surface area contributed by atoms with Crippen molar-refractivity contribution in [2.75, 3.05) is 5.32 Å². The van der Waals surface area contributed by atoms with Crippen LogP contribution in [0.3, 0.4) is 0 Å². The molecule has 1 aromatic heterocycles. The number of amides is 1. The molecule has 0 saturated heterocycles. The molecule has 1 aliphatic heterocycles. The summed E-state index contributed by atoms with van der Waals surface area (Å²) in [5, 5.41) is 11.1. The third kappa shape index (κ3) is 4.37. The van der Waals surface area contributed by atoms with Crippen LogP contribution in [0.2, 0.25) is 0 Å². The van der Waals surface area contributed by atoms with E-state index in [0.717, 1.165) is 40.2 Å². The van der Waals surface area contributed by atoms with Gasteiger partial charge in [0.2, 0.25) is 11.0 Å². The molecule has 4 rings (SSSR count). The molecule has 1 amide bonds. The highest BCUT2D eigenvalue weighted by atomic mass is 32.2. The minimum absolute atomic E-state index is 0.0242. The summed E-state index contributed by atoms with van der Waals surface area (Å²) in [7, 11) is 0. The summed E-state index contributed by atoms with van der Waals surface area (Å²) in [5.41, 5.74) is 2.02. The Labute approximate surface area is 165 Å². The first-order valence-electron chi connectivity index (χ1n) is 8.50. The number of fused-ring (bicyclic) bond motifs is 1. The molecule has 0 fully saturated rings. The van der Waals surface area contributed by atoms with Crippen LogP contribution in [0.1, 0.15) is 19.8 Å². The van der Waals surface area contributed by atoms with E-state index in [1.54, 1.807) is 11.8 Å². The number of aliphatic imine (C=N–C) groups is 1. The Kier molecular flexibility index (Phi) is 5.21. The lowest BCUT2D eigenvalue weighted by atomic mass is 10.0. The summed E-state index contributed by atoms with van der Waals surface area (Å²) in [6.07, 6.45) is 15.3. The highest BCUT2D eigenvalue weighted by Gasteiger charge is 2.24. The lowest BCUT2D eigenvalue weighted by Gasteiger charge is -2.27. The number of rotatable bonds is 4. The van der Waals surface area contributed by atoms with Crippen LogP contribution in [0.25, 0.3) is 0 Å². The van der Waals surface area contributed by atoms with Gasteiger partial charge >= 0.3 is 0 Å². The Hall–Kier alpha value is -2.65. The molecular weight excluding hydrogens is 380 g/mol. The number of aromatic nitrogens is 2. The van der Waals surface area contributed by atoms with E-state index in [0.29, 0.717) is 0 Å². The van der Waals surface area contributed by atoms with Gasteiger partial charge in [-0.15, -0.1) is 0 Å². The molecule has 0 bridgehead atoms. The third-order valence-corrected chi connectivity index (χ3v) is 5.63. The first-order valence-corrected chi connectivity index (χ1v) is 10.1. The summed E-state index contributed by atoms with van der Waals surface area (Å²) >= 11 is 2.92. The Morgan fingerprint density at radius 3 is 3.00 bits per heavy atom. The minimum Gasteiger partial charge on any atom is -0.330 e. The topological polar surface area (TPSA) is 91.3 Å². The van der Waals surface area contributed by atoms with Gasteiger partial charge in [0.05, 0.1) is 6.04 Å². The predicted molar refractivity (Wildman–Crippen MR) is 110 cm³/mol. The van der Waals surface area contributed by atoms with E-state index in [1.165, 1.54) is 29.7 Å². The molecule has 0 aromatic carbocycles. The standard InChI is InChI=1S/C18H18N6OS2/c1-11(25)21-12-6-8-13(9-7-12)26-18-22-15-5-3-2-4-14(15)16(24-18)23-17-19-10-20-27-17/h2-6,8,10,15H,7,9H2,1H3,(H,21,25)(H,22,24)(H,19,20,23). The van der Waals surface area contributed by atoms with Crippen LogP contribution in [-0.2, 0) is 4.79 Å². The van der Waals surface area contributed by atoms with Gasteiger partial charge in [0.1, 0.15) is 12.1 Å². The zero-order valence-electron chi connectivity index (χ0n) is 14.6. The Morgan fingerprint density at radius 1 is 1.33 bits per heavy atom. The summed E-state index contributed by atoms with van der Waals surface area (Å²) in [6, 6.07) is -0.0242. The second-order valence-corrected chi connectivity index (χ2v) is 7.95. The number of nitrogens with one attached hydrogen (secondary N) is 3. The Morgan fingerprint density at radius 2 is 2.26 bits per heavy atom. The van der Waals surface area contributed by atoms with Gasteiger partial charge in [0, 0.05) is 29.7 Å². The zero-order chi connectivity index (χ0) is 18.6. The molecule has 1 atom stereocenters. The lowest BCUT2D eigenvalue weighted by molar-refractivity contribution is -0.118. The third-order valence-electron chi connectivity index (χ3n) is 4.04. The van der Waals surface area contributed by atoms with Crippen LogP contribution < -0.4 is 16.0 Å². The zero-order valence-corrected chi connectivity index (χ0v) is 16.2. The van der Waals surface area contributed by atoms with Gasteiger partial charge in [-0.25, -0.2) is 9.98 Å². The van der Waals surface area contributed by atoms with Crippen LogP contribution >= 0.6 is 23.3 Å². The van der Waals surface area contributed by atoms with Gasteiger partial charge < -0.3 is 16.0 Å². The smallest absolute Gasteiger partial charge is 0.220 e. The van der Waals surface area contributed by atoms with Crippen molar-refractivity contribution < 1.29 is 4.79 Å². The van der Waals surface area contributed by atoms with Crippen molar-refractivity contribution in [3.8, 4) is 0 Å². The normalized spacial score (nSPS) is 20.9. The lowest BCUT2D eigenvalue weighted by Crippen LogP contribution is -2.34. The molecule has 2 aliphatic carbocycles. The Balaban J connectivity index is 1.50. The van der Waals surface area contributed by atoms with E-state index < -0.39 is 0 Å². The highest BCUT2D eigenvalue weighted by molar-refractivity contribution is 8.17. The van der Waals surface area contributed by atoms with Crippen molar-refractivity contribution in [1.29, 1.82) is 0 Å². The van der Waals surface area contributed by atoms with E-state index in [4.69, 9.17) is 4.99 Å². The molecule has 3 N–H and O–H groups in total. The van der Waals surface area contributed by atoms with E-state index in [9.17, 15) is 4.79 Å². The number of hydrogen-bond acceptors (Lipinski definition) is 8. The first-order chi connectivity index (χ1) is 13.2. The second-order valence-electron chi connectivity index (χ2n) is 6.06. The SMILES string of the molecule is CC(=O)NC1=CC=C(SC2=NC3C=CC=CC3=C(Nc3ncns3)N2)CC1. The molecular formula is C18H18N6OS2. The first kappa shape index (κ1) is 17.7. The summed E-state index contributed by atoms with van der Waals surface area (Å²) in [5.74, 6) is 0.840. The maximum Gasteiger partial charge on any atom is 0.220 e. The van der Waals surface area contributed by atoms with Crippen molar-refractivity contribution in [2.45, 2.75) is 25.8 Å². The van der Waals surface area contributed by atoms with Crippen molar-refractivity contribution >= 4 is 39.5 Å². The number of amidine groups is 1. The van der Waals surface area contributed by atoms with Gasteiger partial charge in [0.15, 0.2) is 5.17 Å². The number of carbonyl (C=O) groups excluding carboxylic acids is 1. The fourth-order valence-corrected chi connectivity index (χ4v) is 4.20. The monoisotopic (exact) mass is 398 g/mol. The molecule has 1 unspecified atom stereocenters. The molecule has 138 valence electrons. The number of thioether (sulfide) groups is 1.